The molecule has 2 aromatic rings. The normalized spacial score (nSPS) is 11.9. The van der Waals surface area contributed by atoms with Crippen LogP contribution in [-0.4, -0.2) is 33.4 Å². The highest BCUT2D eigenvalue weighted by atomic mass is 32.2. The number of rotatable bonds is 7. The van der Waals surface area contributed by atoms with Crippen LogP contribution in [0.15, 0.2) is 28.7 Å². The van der Waals surface area contributed by atoms with Crippen LogP contribution in [-0.2, 0) is 9.53 Å². The lowest BCUT2D eigenvalue weighted by Crippen LogP contribution is -2.07. The van der Waals surface area contributed by atoms with Gasteiger partial charge in [-0.3, -0.25) is 14.9 Å². The highest BCUT2D eigenvalue weighted by Gasteiger charge is 2.17. The zero-order valence-corrected chi connectivity index (χ0v) is 13.4. The third kappa shape index (κ3) is 4.52. The molecule has 0 aliphatic carbocycles. The minimum absolute atomic E-state index is 0.00755. The van der Waals surface area contributed by atoms with Gasteiger partial charge in [-0.1, -0.05) is 0 Å². The number of non-ortho nitro benzene ring substituents is 1. The fourth-order valence-electron chi connectivity index (χ4n) is 1.71. The van der Waals surface area contributed by atoms with Gasteiger partial charge in [-0.05, 0) is 26.0 Å². The Morgan fingerprint density at radius 3 is 2.70 bits per heavy atom. The van der Waals surface area contributed by atoms with Gasteiger partial charge in [-0.2, -0.15) is 0 Å². The van der Waals surface area contributed by atoms with Crippen LogP contribution >= 0.6 is 11.8 Å². The van der Waals surface area contributed by atoms with Gasteiger partial charge >= 0.3 is 5.97 Å². The van der Waals surface area contributed by atoms with Crippen molar-refractivity contribution >= 4 is 23.4 Å². The fourth-order valence-corrected chi connectivity index (χ4v) is 2.42. The summed E-state index contributed by atoms with van der Waals surface area (Å²) in [5.41, 5.74) is 0.587. The summed E-state index contributed by atoms with van der Waals surface area (Å²) in [6.45, 7) is 3.94. The summed E-state index contributed by atoms with van der Waals surface area (Å²) in [5, 5.41) is 18.3. The standard InChI is InChI=1S/C14H15N3O5S/c1-3-21-12(18)8-23-9(2)13-15-16-14(22-13)10-4-6-11(7-5-10)17(19)20/h4-7,9H,3,8H2,1-2H3. The molecule has 2 rings (SSSR count). The second kappa shape index (κ2) is 7.73. The number of nitrogens with zero attached hydrogens (tertiary/aromatic N) is 3. The predicted octanol–water partition coefficient (Wildman–Crippen LogP) is 3.00. The lowest BCUT2D eigenvalue weighted by Gasteiger charge is -2.05. The number of hydrogen-bond acceptors (Lipinski definition) is 8. The predicted molar refractivity (Wildman–Crippen MR) is 83.9 cm³/mol. The van der Waals surface area contributed by atoms with Crippen LogP contribution in [0.3, 0.4) is 0 Å². The van der Waals surface area contributed by atoms with E-state index in [1.807, 2.05) is 6.92 Å². The number of thioether (sulfide) groups is 1. The van der Waals surface area contributed by atoms with E-state index < -0.39 is 4.92 Å². The lowest BCUT2D eigenvalue weighted by atomic mass is 10.2. The maximum atomic E-state index is 11.3. The van der Waals surface area contributed by atoms with Gasteiger partial charge in [0.1, 0.15) is 0 Å². The summed E-state index contributed by atoms with van der Waals surface area (Å²) < 4.78 is 10.4. The zero-order valence-electron chi connectivity index (χ0n) is 12.6. The Balaban J connectivity index is 2.02. The van der Waals surface area contributed by atoms with Crippen molar-refractivity contribution in [3.8, 4) is 11.5 Å². The van der Waals surface area contributed by atoms with E-state index >= 15 is 0 Å². The number of aromatic nitrogens is 2. The zero-order chi connectivity index (χ0) is 16.8. The van der Waals surface area contributed by atoms with Crippen molar-refractivity contribution in [2.24, 2.45) is 0 Å². The number of ether oxygens (including phenoxy) is 1. The van der Waals surface area contributed by atoms with Gasteiger partial charge in [0.05, 0.1) is 22.5 Å². The number of carbonyl (C=O) groups is 1. The van der Waals surface area contributed by atoms with Gasteiger partial charge in [0.15, 0.2) is 0 Å². The Kier molecular flexibility index (Phi) is 5.69. The van der Waals surface area contributed by atoms with Crippen LogP contribution in [0.5, 0.6) is 0 Å². The molecule has 0 spiro atoms. The molecule has 0 aliphatic rings. The van der Waals surface area contributed by atoms with Crippen LogP contribution in [0.2, 0.25) is 0 Å². The molecule has 0 bridgehead atoms. The van der Waals surface area contributed by atoms with Gasteiger partial charge in [-0.25, -0.2) is 0 Å². The van der Waals surface area contributed by atoms with Gasteiger partial charge in [0, 0.05) is 17.7 Å². The third-order valence-corrected chi connectivity index (χ3v) is 3.97. The minimum Gasteiger partial charge on any atom is -0.465 e. The van der Waals surface area contributed by atoms with Gasteiger partial charge in [-0.15, -0.1) is 22.0 Å². The first-order chi connectivity index (χ1) is 11.0. The number of benzene rings is 1. The van der Waals surface area contributed by atoms with Crippen LogP contribution in [0.1, 0.15) is 25.0 Å². The van der Waals surface area contributed by atoms with E-state index in [1.165, 1.54) is 23.9 Å². The van der Waals surface area contributed by atoms with Crippen LogP contribution in [0.4, 0.5) is 5.69 Å². The number of nitro benzene ring substituents is 1. The molecule has 9 heteroatoms. The van der Waals surface area contributed by atoms with Crippen LogP contribution in [0.25, 0.3) is 11.5 Å². The van der Waals surface area contributed by atoms with Gasteiger partial charge in [0.2, 0.25) is 11.8 Å². The Labute approximate surface area is 136 Å². The van der Waals surface area contributed by atoms with Crippen LogP contribution < -0.4 is 0 Å². The largest absolute Gasteiger partial charge is 0.465 e. The summed E-state index contributed by atoms with van der Waals surface area (Å²) in [7, 11) is 0. The molecule has 0 amide bonds. The van der Waals surface area contributed by atoms with Crippen molar-refractivity contribution in [3.05, 3.63) is 40.3 Å². The highest BCUT2D eigenvalue weighted by Crippen LogP contribution is 2.29. The van der Waals surface area contributed by atoms with E-state index in [-0.39, 0.29) is 28.6 Å². The van der Waals surface area contributed by atoms with E-state index in [0.29, 0.717) is 18.1 Å². The van der Waals surface area contributed by atoms with E-state index in [2.05, 4.69) is 10.2 Å². The monoisotopic (exact) mass is 337 g/mol. The molecule has 0 fully saturated rings. The molecule has 0 N–H and O–H groups in total. The Morgan fingerprint density at radius 1 is 1.39 bits per heavy atom. The summed E-state index contributed by atoms with van der Waals surface area (Å²) in [4.78, 5) is 21.5. The smallest absolute Gasteiger partial charge is 0.315 e. The van der Waals surface area contributed by atoms with E-state index in [0.717, 1.165) is 0 Å². The van der Waals surface area contributed by atoms with Crippen molar-refractivity contribution < 1.29 is 18.9 Å². The number of carbonyl (C=O) groups excluding carboxylic acids is 1. The van der Waals surface area contributed by atoms with E-state index in [9.17, 15) is 14.9 Å². The lowest BCUT2D eigenvalue weighted by molar-refractivity contribution is -0.384. The molecule has 1 unspecified atom stereocenters. The molecule has 0 aliphatic heterocycles. The molecule has 1 aromatic heterocycles. The average molecular weight is 337 g/mol. The minimum atomic E-state index is -0.475. The molecular weight excluding hydrogens is 322 g/mol. The molecule has 0 saturated carbocycles. The van der Waals surface area contributed by atoms with E-state index in [4.69, 9.17) is 9.15 Å². The maximum Gasteiger partial charge on any atom is 0.315 e. The van der Waals surface area contributed by atoms with Crippen molar-refractivity contribution in [1.29, 1.82) is 0 Å². The molecule has 1 atom stereocenters. The maximum absolute atomic E-state index is 11.3. The second-order valence-corrected chi connectivity index (χ2v) is 5.84. The fraction of sp³-hybridized carbons (Fsp3) is 0.357. The SMILES string of the molecule is CCOC(=O)CSC(C)c1nnc(-c2ccc([N+](=O)[O-])cc2)o1. The Morgan fingerprint density at radius 2 is 2.09 bits per heavy atom. The van der Waals surface area contributed by atoms with Crippen LogP contribution in [0, 0.1) is 10.1 Å². The Hall–Kier alpha value is -2.42. The first-order valence-electron chi connectivity index (χ1n) is 6.86. The summed E-state index contributed by atoms with van der Waals surface area (Å²) in [6.07, 6.45) is 0. The second-order valence-electron chi connectivity index (χ2n) is 4.51. The molecule has 8 nitrogen and oxygen atoms in total. The summed E-state index contributed by atoms with van der Waals surface area (Å²) >= 11 is 1.33. The highest BCUT2D eigenvalue weighted by molar-refractivity contribution is 8.00. The molecule has 122 valence electrons. The summed E-state index contributed by atoms with van der Waals surface area (Å²) in [5.74, 6) is 0.565. The molecule has 0 radical (unpaired) electrons. The van der Waals surface area contributed by atoms with Crippen molar-refractivity contribution in [1.82, 2.24) is 10.2 Å². The quantitative estimate of drug-likeness (QED) is 0.431. The number of hydrogen-bond donors (Lipinski definition) is 0. The summed E-state index contributed by atoms with van der Waals surface area (Å²) in [6, 6.07) is 5.84. The molecule has 1 aromatic carbocycles. The molecule has 0 saturated heterocycles. The number of nitro groups is 1. The molecular formula is C14H15N3O5S. The van der Waals surface area contributed by atoms with Crippen molar-refractivity contribution in [2.75, 3.05) is 12.4 Å². The number of esters is 1. The average Bonchev–Trinajstić information content (AvgIpc) is 3.03. The van der Waals surface area contributed by atoms with Crippen molar-refractivity contribution in [2.45, 2.75) is 19.1 Å². The Bertz CT molecular complexity index is 686. The first kappa shape index (κ1) is 16.9. The first-order valence-corrected chi connectivity index (χ1v) is 7.91. The van der Waals surface area contributed by atoms with E-state index in [1.54, 1.807) is 19.1 Å². The van der Waals surface area contributed by atoms with Crippen molar-refractivity contribution in [3.63, 3.8) is 0 Å². The molecule has 23 heavy (non-hydrogen) atoms. The third-order valence-electron chi connectivity index (χ3n) is 2.87. The topological polar surface area (TPSA) is 108 Å². The molecule has 1 heterocycles. The van der Waals surface area contributed by atoms with Gasteiger partial charge in [0.25, 0.3) is 5.69 Å². The van der Waals surface area contributed by atoms with Gasteiger partial charge < -0.3 is 9.15 Å².